The van der Waals surface area contributed by atoms with Crippen LogP contribution in [0, 0.1) is 10.1 Å². The highest BCUT2D eigenvalue weighted by Crippen LogP contribution is 2.29. The fourth-order valence-electron chi connectivity index (χ4n) is 1.69. The van der Waals surface area contributed by atoms with Crippen LogP contribution in [0.3, 0.4) is 0 Å². The maximum Gasteiger partial charge on any atom is 0.270 e. The zero-order chi connectivity index (χ0) is 15.4. The van der Waals surface area contributed by atoms with Crippen LogP contribution in [-0.4, -0.2) is 10.8 Å². The Kier molecular flexibility index (Phi) is 4.98. The van der Waals surface area contributed by atoms with Crippen LogP contribution in [0.4, 0.5) is 5.69 Å². The predicted molar refractivity (Wildman–Crippen MR) is 85.3 cm³/mol. The molecule has 0 aromatic heterocycles. The van der Waals surface area contributed by atoms with E-state index in [2.05, 4.69) is 15.9 Å². The van der Waals surface area contributed by atoms with Gasteiger partial charge in [-0.3, -0.25) is 14.9 Å². The number of halogens is 1. The van der Waals surface area contributed by atoms with E-state index in [1.807, 2.05) is 24.3 Å². The third-order valence-electron chi connectivity index (χ3n) is 2.75. The summed E-state index contributed by atoms with van der Waals surface area (Å²) in [4.78, 5) is 22.3. The summed E-state index contributed by atoms with van der Waals surface area (Å²) in [5.41, 5.74) is 6.40. The highest BCUT2D eigenvalue weighted by Gasteiger charge is 2.15. The first-order valence-corrected chi connectivity index (χ1v) is 7.70. The van der Waals surface area contributed by atoms with Crippen LogP contribution in [0.15, 0.2) is 51.8 Å². The van der Waals surface area contributed by atoms with Gasteiger partial charge in [-0.1, -0.05) is 28.1 Å². The number of nitro benzene ring substituents is 1. The molecule has 0 heterocycles. The molecule has 0 aliphatic carbocycles. The van der Waals surface area contributed by atoms with E-state index >= 15 is 0 Å². The molecule has 0 saturated carbocycles. The van der Waals surface area contributed by atoms with Gasteiger partial charge in [0.25, 0.3) is 5.69 Å². The minimum Gasteiger partial charge on any atom is -0.366 e. The fraction of sp³-hybridized carbons (Fsp3) is 0.0714. The molecule has 1 amide bonds. The molecule has 0 aliphatic rings. The van der Waals surface area contributed by atoms with Gasteiger partial charge in [0.1, 0.15) is 0 Å². The van der Waals surface area contributed by atoms with Crippen molar-refractivity contribution in [3.63, 3.8) is 0 Å². The average Bonchev–Trinajstić information content (AvgIpc) is 2.46. The van der Waals surface area contributed by atoms with E-state index in [9.17, 15) is 14.9 Å². The van der Waals surface area contributed by atoms with Crippen LogP contribution >= 0.6 is 27.7 Å². The number of hydrogen-bond donors (Lipinski definition) is 1. The van der Waals surface area contributed by atoms with Crippen molar-refractivity contribution < 1.29 is 9.72 Å². The van der Waals surface area contributed by atoms with Crippen molar-refractivity contribution in [1.29, 1.82) is 0 Å². The molecule has 0 saturated heterocycles. The number of nitrogens with zero attached hydrogens (tertiary/aromatic N) is 1. The zero-order valence-electron chi connectivity index (χ0n) is 10.8. The number of non-ortho nitro benzene ring substituents is 1. The summed E-state index contributed by atoms with van der Waals surface area (Å²) in [6.45, 7) is 0. The molecule has 2 aromatic carbocycles. The number of carbonyl (C=O) groups is 1. The third-order valence-corrected chi connectivity index (χ3v) is 4.42. The van der Waals surface area contributed by atoms with E-state index in [-0.39, 0.29) is 11.3 Å². The van der Waals surface area contributed by atoms with Crippen LogP contribution in [0.25, 0.3) is 0 Å². The molecule has 0 fully saturated rings. The number of thioether (sulfide) groups is 1. The highest BCUT2D eigenvalue weighted by molar-refractivity contribution is 9.10. The van der Waals surface area contributed by atoms with Crippen molar-refractivity contribution in [2.45, 2.75) is 10.6 Å². The molecule has 2 aromatic rings. The van der Waals surface area contributed by atoms with Crippen LogP contribution < -0.4 is 5.73 Å². The van der Waals surface area contributed by atoms with E-state index in [0.717, 1.165) is 10.0 Å². The van der Waals surface area contributed by atoms with E-state index in [0.29, 0.717) is 10.6 Å². The van der Waals surface area contributed by atoms with Crippen molar-refractivity contribution in [3.05, 3.63) is 68.2 Å². The van der Waals surface area contributed by atoms with Crippen LogP contribution in [0.5, 0.6) is 0 Å². The number of carbonyl (C=O) groups excluding carboxylic acids is 1. The first kappa shape index (κ1) is 15.5. The van der Waals surface area contributed by atoms with E-state index in [1.54, 1.807) is 6.07 Å². The van der Waals surface area contributed by atoms with Gasteiger partial charge in [0.15, 0.2) is 0 Å². The van der Waals surface area contributed by atoms with E-state index < -0.39 is 10.8 Å². The third kappa shape index (κ3) is 4.05. The average molecular weight is 367 g/mol. The first-order valence-electron chi connectivity index (χ1n) is 5.93. The van der Waals surface area contributed by atoms with E-state index in [1.165, 1.54) is 23.9 Å². The molecule has 2 rings (SSSR count). The molecule has 2 N–H and O–H groups in total. The van der Waals surface area contributed by atoms with Gasteiger partial charge in [0.2, 0.25) is 5.91 Å². The quantitative estimate of drug-likeness (QED) is 0.495. The second-order valence-electron chi connectivity index (χ2n) is 4.22. The van der Waals surface area contributed by atoms with Crippen LogP contribution in [-0.2, 0) is 5.75 Å². The van der Waals surface area contributed by atoms with Gasteiger partial charge in [0.05, 0.1) is 10.5 Å². The van der Waals surface area contributed by atoms with Crippen LogP contribution in [0.2, 0.25) is 0 Å². The number of benzene rings is 2. The maximum absolute atomic E-state index is 11.4. The molecule has 5 nitrogen and oxygen atoms in total. The summed E-state index contributed by atoms with van der Waals surface area (Å²) in [6.07, 6.45) is 0. The van der Waals surface area contributed by atoms with Crippen molar-refractivity contribution in [1.82, 2.24) is 0 Å². The number of hydrogen-bond acceptors (Lipinski definition) is 4. The smallest absolute Gasteiger partial charge is 0.270 e. The summed E-state index contributed by atoms with van der Waals surface area (Å²) >= 11 is 4.78. The Morgan fingerprint density at radius 2 is 1.90 bits per heavy atom. The number of rotatable bonds is 5. The Bertz CT molecular complexity index is 689. The van der Waals surface area contributed by atoms with Crippen LogP contribution in [0.1, 0.15) is 15.9 Å². The molecule has 0 aliphatic heterocycles. The second kappa shape index (κ2) is 6.73. The Balaban J connectivity index is 2.21. The maximum atomic E-state index is 11.4. The Morgan fingerprint density at radius 3 is 2.48 bits per heavy atom. The Morgan fingerprint density at radius 1 is 1.24 bits per heavy atom. The molecule has 0 spiro atoms. The molecular formula is C14H11BrN2O3S. The zero-order valence-corrected chi connectivity index (χ0v) is 13.2. The number of nitro groups is 1. The van der Waals surface area contributed by atoms with Gasteiger partial charge in [-0.05, 0) is 23.8 Å². The topological polar surface area (TPSA) is 86.2 Å². The number of nitrogens with two attached hydrogens (primary N) is 1. The lowest BCUT2D eigenvalue weighted by Gasteiger charge is -2.06. The number of primary amides is 1. The van der Waals surface area contributed by atoms with Crippen molar-refractivity contribution in [2.75, 3.05) is 0 Å². The molecule has 0 bridgehead atoms. The SMILES string of the molecule is NC(=O)c1cc([N+](=O)[O-])ccc1SCc1ccc(Br)cc1. The Labute approximate surface area is 133 Å². The Hall–Kier alpha value is -1.86. The normalized spacial score (nSPS) is 10.3. The van der Waals surface area contributed by atoms with Crippen molar-refractivity contribution in [2.24, 2.45) is 5.73 Å². The molecule has 0 atom stereocenters. The summed E-state index contributed by atoms with van der Waals surface area (Å²) in [5.74, 6) is -0.0252. The van der Waals surface area contributed by atoms with Gasteiger partial charge >= 0.3 is 0 Å². The predicted octanol–water partition coefficient (Wildman–Crippen LogP) is 3.75. The first-order chi connectivity index (χ1) is 9.97. The molecule has 0 radical (unpaired) electrons. The molecule has 7 heteroatoms. The monoisotopic (exact) mass is 366 g/mol. The molecule has 21 heavy (non-hydrogen) atoms. The van der Waals surface area contributed by atoms with Gasteiger partial charge in [-0.25, -0.2) is 0 Å². The fourth-order valence-corrected chi connectivity index (χ4v) is 2.95. The lowest BCUT2D eigenvalue weighted by atomic mass is 10.2. The lowest BCUT2D eigenvalue weighted by molar-refractivity contribution is -0.384. The summed E-state index contributed by atoms with van der Waals surface area (Å²) in [7, 11) is 0. The molecular weight excluding hydrogens is 356 g/mol. The van der Waals surface area contributed by atoms with Gasteiger partial charge < -0.3 is 5.73 Å². The van der Waals surface area contributed by atoms with Gasteiger partial charge in [0, 0.05) is 27.3 Å². The standard InChI is InChI=1S/C14H11BrN2O3S/c15-10-3-1-9(2-4-10)8-21-13-6-5-11(17(19)20)7-12(13)14(16)18/h1-7H,8H2,(H2,16,18). The minimum absolute atomic E-state index is 0.142. The van der Waals surface area contributed by atoms with Crippen molar-refractivity contribution >= 4 is 39.3 Å². The highest BCUT2D eigenvalue weighted by atomic mass is 79.9. The molecule has 0 unspecified atom stereocenters. The largest absolute Gasteiger partial charge is 0.366 e. The minimum atomic E-state index is -0.669. The number of amides is 1. The van der Waals surface area contributed by atoms with Crippen molar-refractivity contribution in [3.8, 4) is 0 Å². The summed E-state index contributed by atoms with van der Waals surface area (Å²) in [6, 6.07) is 11.9. The summed E-state index contributed by atoms with van der Waals surface area (Å²) < 4.78 is 0.990. The van der Waals surface area contributed by atoms with Gasteiger partial charge in [-0.2, -0.15) is 0 Å². The molecule has 108 valence electrons. The lowest BCUT2D eigenvalue weighted by Crippen LogP contribution is -2.12. The van der Waals surface area contributed by atoms with Gasteiger partial charge in [-0.15, -0.1) is 11.8 Å². The summed E-state index contributed by atoms with van der Waals surface area (Å²) in [5, 5.41) is 10.7. The van der Waals surface area contributed by atoms with E-state index in [4.69, 9.17) is 5.73 Å². The second-order valence-corrected chi connectivity index (χ2v) is 6.15.